The highest BCUT2D eigenvalue weighted by atomic mass is 15.2. The molecule has 0 atom stereocenters. The summed E-state index contributed by atoms with van der Waals surface area (Å²) in [4.78, 5) is 2.32. The summed E-state index contributed by atoms with van der Waals surface area (Å²) >= 11 is 0. The predicted molar refractivity (Wildman–Crippen MR) is 225 cm³/mol. The molecular formula is C49H49BN2. The lowest BCUT2D eigenvalue weighted by Gasteiger charge is -2.44. The molecule has 52 heavy (non-hydrogen) atoms. The lowest BCUT2D eigenvalue weighted by atomic mass is 9.13. The molecule has 258 valence electrons. The molecule has 6 aromatic carbocycles. The fourth-order valence-corrected chi connectivity index (χ4v) is 8.96. The van der Waals surface area contributed by atoms with Crippen molar-refractivity contribution in [1.82, 2.24) is 0 Å². The summed E-state index contributed by atoms with van der Waals surface area (Å²) in [5.74, 6) is 0. The van der Waals surface area contributed by atoms with Crippen LogP contribution in [0.25, 0.3) is 0 Å². The van der Waals surface area contributed by atoms with Gasteiger partial charge in [0.2, 0.25) is 5.69 Å². The Morgan fingerprint density at radius 2 is 0.904 bits per heavy atom. The van der Waals surface area contributed by atoms with Crippen LogP contribution >= 0.6 is 0 Å². The predicted octanol–water partition coefficient (Wildman–Crippen LogP) is 8.62. The van der Waals surface area contributed by atoms with Crippen LogP contribution in [0.5, 0.6) is 0 Å². The molecule has 2 aliphatic heterocycles. The van der Waals surface area contributed by atoms with Crippen molar-refractivity contribution in [2.24, 2.45) is 0 Å². The minimum Gasteiger partial charge on any atom is -0.347 e. The topological polar surface area (TPSA) is 6.25 Å². The number of anilines is 1. The van der Waals surface area contributed by atoms with Crippen molar-refractivity contribution in [2.45, 2.75) is 38.5 Å². The molecule has 0 bridgehead atoms. The van der Waals surface area contributed by atoms with E-state index in [9.17, 15) is 0 Å². The van der Waals surface area contributed by atoms with E-state index in [0.29, 0.717) is 0 Å². The second-order valence-corrected chi connectivity index (χ2v) is 15.2. The SMILES string of the molecule is CN1/C(=C/C=C/C2=[N+](C)c3ccccc3C2(C)C)C(C)(C)c2ccccc21.c1ccc([B-](c2ccccc2)(c2ccccc2)c2ccccc2)cc1. The Morgan fingerprint density at radius 1 is 0.500 bits per heavy atom. The minimum absolute atomic E-state index is 0.0143. The number of rotatable bonds is 6. The van der Waals surface area contributed by atoms with E-state index in [2.05, 4.69) is 239 Å². The lowest BCUT2D eigenvalue weighted by Crippen LogP contribution is -2.74. The summed E-state index contributed by atoms with van der Waals surface area (Å²) in [6.45, 7) is 9.24. The van der Waals surface area contributed by atoms with Crippen molar-refractivity contribution < 1.29 is 4.58 Å². The van der Waals surface area contributed by atoms with Crippen LogP contribution in [-0.2, 0) is 10.8 Å². The van der Waals surface area contributed by atoms with Crippen molar-refractivity contribution in [3.05, 3.63) is 205 Å². The van der Waals surface area contributed by atoms with Gasteiger partial charge in [-0.1, -0.05) is 178 Å². The summed E-state index contributed by atoms with van der Waals surface area (Å²) in [5, 5.41) is 0. The fraction of sp³-hybridized carbons (Fsp3) is 0.163. The summed E-state index contributed by atoms with van der Waals surface area (Å²) in [6, 6.07) is 60.9. The normalized spacial score (nSPS) is 16.4. The van der Waals surface area contributed by atoms with E-state index in [1.807, 2.05) is 0 Å². The van der Waals surface area contributed by atoms with Crippen molar-refractivity contribution in [3.8, 4) is 0 Å². The van der Waals surface area contributed by atoms with Gasteiger partial charge in [0, 0.05) is 41.6 Å². The summed E-state index contributed by atoms with van der Waals surface area (Å²) in [6.07, 6.45) is 5.56. The molecule has 0 saturated carbocycles. The highest BCUT2D eigenvalue weighted by Gasteiger charge is 2.43. The first-order valence-corrected chi connectivity index (χ1v) is 18.5. The van der Waals surface area contributed by atoms with Gasteiger partial charge in [-0.25, -0.2) is 0 Å². The monoisotopic (exact) mass is 676 g/mol. The summed E-state index contributed by atoms with van der Waals surface area (Å²) in [5.41, 5.74) is 13.4. The molecular weight excluding hydrogens is 627 g/mol. The number of fused-ring (bicyclic) bond motifs is 2. The molecule has 3 heteroatoms. The molecule has 0 radical (unpaired) electrons. The van der Waals surface area contributed by atoms with Crippen LogP contribution in [0.4, 0.5) is 11.4 Å². The standard InChI is InChI=1S/C25H29N2.C24H20B/c1-24(2)18-12-7-9-14-20(18)26(5)22(24)16-11-17-23-25(3,4)19-13-8-10-15-21(19)27(23)6;1-5-13-21(14-6-1)25(22-15-7-2-8-16-22,23-17-9-3-10-18-23)24-19-11-4-12-20-24/h7-17H,1-6H3;1-20H/q+1;-1. The first-order chi connectivity index (χ1) is 25.2. The maximum absolute atomic E-state index is 2.32. The van der Waals surface area contributed by atoms with E-state index in [1.165, 1.54) is 55.8 Å². The molecule has 6 aromatic rings. The second kappa shape index (κ2) is 14.2. The maximum atomic E-state index is 2.32. The van der Waals surface area contributed by atoms with E-state index in [4.69, 9.17) is 0 Å². The van der Waals surface area contributed by atoms with E-state index in [0.717, 1.165) is 0 Å². The zero-order valence-corrected chi connectivity index (χ0v) is 31.4. The van der Waals surface area contributed by atoms with Crippen LogP contribution in [0.2, 0.25) is 0 Å². The molecule has 0 fully saturated rings. The van der Waals surface area contributed by atoms with Gasteiger partial charge in [-0.05, 0) is 31.6 Å². The third kappa shape index (κ3) is 5.95. The molecule has 0 aromatic heterocycles. The van der Waals surface area contributed by atoms with Crippen LogP contribution in [0, 0.1) is 0 Å². The van der Waals surface area contributed by atoms with Crippen LogP contribution < -0.4 is 26.8 Å². The summed E-state index contributed by atoms with van der Waals surface area (Å²) < 4.78 is 2.32. The van der Waals surface area contributed by atoms with E-state index in [-0.39, 0.29) is 10.8 Å². The highest BCUT2D eigenvalue weighted by molar-refractivity contribution is 7.19. The molecule has 0 unspecified atom stereocenters. The van der Waals surface area contributed by atoms with Gasteiger partial charge in [-0.15, -0.1) is 0 Å². The third-order valence-corrected chi connectivity index (χ3v) is 11.6. The Kier molecular flexibility index (Phi) is 9.47. The first-order valence-electron chi connectivity index (χ1n) is 18.5. The van der Waals surface area contributed by atoms with Gasteiger partial charge < -0.3 is 4.90 Å². The number of para-hydroxylation sites is 2. The van der Waals surface area contributed by atoms with Gasteiger partial charge in [0.15, 0.2) is 5.71 Å². The maximum Gasteiger partial charge on any atom is 0.209 e. The Hall–Kier alpha value is -5.67. The number of hydrogen-bond acceptors (Lipinski definition) is 1. The molecule has 0 spiro atoms. The van der Waals surface area contributed by atoms with Crippen LogP contribution in [-0.4, -0.2) is 30.5 Å². The van der Waals surface area contributed by atoms with Crippen molar-refractivity contribution in [3.63, 3.8) is 0 Å². The Labute approximate surface area is 311 Å². The van der Waals surface area contributed by atoms with Gasteiger partial charge in [-0.3, -0.25) is 0 Å². The largest absolute Gasteiger partial charge is 0.347 e. The van der Waals surface area contributed by atoms with Gasteiger partial charge in [0.25, 0.3) is 0 Å². The van der Waals surface area contributed by atoms with Crippen LogP contribution in [0.15, 0.2) is 194 Å². The van der Waals surface area contributed by atoms with Gasteiger partial charge >= 0.3 is 0 Å². The van der Waals surface area contributed by atoms with Crippen LogP contribution in [0.1, 0.15) is 38.8 Å². The van der Waals surface area contributed by atoms with Gasteiger partial charge in [0.05, 0.1) is 5.41 Å². The zero-order valence-electron chi connectivity index (χ0n) is 31.4. The van der Waals surface area contributed by atoms with E-state index in [1.54, 1.807) is 0 Å². The third-order valence-electron chi connectivity index (χ3n) is 11.6. The number of benzene rings is 6. The number of hydrogen-bond donors (Lipinski definition) is 0. The fourth-order valence-electron chi connectivity index (χ4n) is 8.96. The van der Waals surface area contributed by atoms with E-state index >= 15 is 0 Å². The zero-order chi connectivity index (χ0) is 36.3. The molecule has 2 nitrogen and oxygen atoms in total. The first kappa shape index (κ1) is 34.8. The average Bonchev–Trinajstić information content (AvgIpc) is 3.51. The van der Waals surface area contributed by atoms with Crippen molar-refractivity contribution >= 4 is 45.1 Å². The Bertz CT molecular complexity index is 2090. The summed E-state index contributed by atoms with van der Waals surface area (Å²) in [7, 11) is 4.34. The highest BCUT2D eigenvalue weighted by Crippen LogP contribution is 2.46. The molecule has 0 N–H and O–H groups in total. The van der Waals surface area contributed by atoms with Crippen LogP contribution in [0.3, 0.4) is 0 Å². The number of likely N-dealkylation sites (N-methyl/N-ethyl adjacent to an activating group) is 1. The van der Waals surface area contributed by atoms with E-state index < -0.39 is 6.15 Å². The molecule has 2 heterocycles. The minimum atomic E-state index is -1.22. The smallest absolute Gasteiger partial charge is 0.209 e. The molecule has 2 aliphatic rings. The van der Waals surface area contributed by atoms with Crippen molar-refractivity contribution in [1.29, 1.82) is 0 Å². The lowest BCUT2D eigenvalue weighted by molar-refractivity contribution is -0.401. The Balaban J connectivity index is 0.000000162. The van der Waals surface area contributed by atoms with Gasteiger partial charge in [0.1, 0.15) is 13.2 Å². The quantitative estimate of drug-likeness (QED) is 0.127. The molecule has 0 amide bonds. The average molecular weight is 677 g/mol. The van der Waals surface area contributed by atoms with Crippen molar-refractivity contribution in [2.75, 3.05) is 19.0 Å². The molecule has 8 rings (SSSR count). The Morgan fingerprint density at radius 3 is 1.35 bits per heavy atom. The number of nitrogens with zero attached hydrogens (tertiary/aromatic N) is 2. The van der Waals surface area contributed by atoms with Gasteiger partial charge in [-0.2, -0.15) is 26.4 Å². The second-order valence-electron chi connectivity index (χ2n) is 15.2. The molecule has 0 aliphatic carbocycles. The molecule has 0 saturated heterocycles. The number of allylic oxidation sites excluding steroid dienone is 4.